The number of thioether (sulfide) groups is 1. The van der Waals surface area contributed by atoms with Crippen LogP contribution < -0.4 is 5.32 Å². The molecule has 0 radical (unpaired) electrons. The van der Waals surface area contributed by atoms with E-state index in [1.165, 1.54) is 6.34 Å². The Labute approximate surface area is 89.6 Å². The molecule has 0 aliphatic carbocycles. The molecule has 1 aliphatic rings. The van der Waals surface area contributed by atoms with E-state index in [2.05, 4.69) is 22.0 Å². The standard InChI is InChI=1S/C8H10F3N3S/c1-12-5-13-3-2-7-14-6(4-15-7)8(9,10)11/h4-5,7,14H,1-3H2. The lowest BCUT2D eigenvalue weighted by molar-refractivity contribution is -0.0963. The minimum Gasteiger partial charge on any atom is -0.369 e. The van der Waals surface area contributed by atoms with Crippen LogP contribution in [0.1, 0.15) is 6.42 Å². The first-order valence-corrected chi connectivity index (χ1v) is 5.12. The quantitative estimate of drug-likeness (QED) is 0.601. The van der Waals surface area contributed by atoms with Gasteiger partial charge < -0.3 is 5.32 Å². The molecule has 0 aromatic rings. The second kappa shape index (κ2) is 5.20. The number of nitrogens with one attached hydrogen (secondary N) is 1. The van der Waals surface area contributed by atoms with Crippen molar-refractivity contribution in [1.29, 1.82) is 0 Å². The summed E-state index contributed by atoms with van der Waals surface area (Å²) in [5.74, 6) is 0. The van der Waals surface area contributed by atoms with E-state index in [4.69, 9.17) is 0 Å². The molecule has 0 amide bonds. The van der Waals surface area contributed by atoms with Crippen molar-refractivity contribution < 1.29 is 13.2 Å². The minimum atomic E-state index is -4.28. The van der Waals surface area contributed by atoms with Gasteiger partial charge in [0.1, 0.15) is 12.0 Å². The predicted octanol–water partition coefficient (Wildman–Crippen LogP) is 2.17. The number of nitrogens with zero attached hydrogens (tertiary/aromatic N) is 2. The molecule has 84 valence electrons. The molecule has 0 fully saturated rings. The first-order valence-electron chi connectivity index (χ1n) is 4.17. The van der Waals surface area contributed by atoms with Crippen LogP contribution in [-0.2, 0) is 0 Å². The fourth-order valence-corrected chi connectivity index (χ4v) is 1.93. The number of hydrogen-bond donors (Lipinski definition) is 1. The molecule has 1 heterocycles. The normalized spacial score (nSPS) is 21.5. The Morgan fingerprint density at radius 2 is 2.33 bits per heavy atom. The molecule has 0 saturated carbocycles. The van der Waals surface area contributed by atoms with Gasteiger partial charge in [-0.1, -0.05) is 0 Å². The summed E-state index contributed by atoms with van der Waals surface area (Å²) >= 11 is 1.12. The molecule has 1 atom stereocenters. The maximum absolute atomic E-state index is 12.2. The lowest BCUT2D eigenvalue weighted by Crippen LogP contribution is -2.29. The van der Waals surface area contributed by atoms with Crippen molar-refractivity contribution in [2.45, 2.75) is 18.0 Å². The lowest BCUT2D eigenvalue weighted by Gasteiger charge is -2.13. The number of alkyl halides is 3. The van der Waals surface area contributed by atoms with E-state index in [0.29, 0.717) is 13.0 Å². The van der Waals surface area contributed by atoms with Crippen molar-refractivity contribution in [3.8, 4) is 0 Å². The van der Waals surface area contributed by atoms with E-state index in [9.17, 15) is 13.2 Å². The van der Waals surface area contributed by atoms with Crippen molar-refractivity contribution in [3.63, 3.8) is 0 Å². The Hall–Kier alpha value is -0.980. The molecule has 7 heteroatoms. The molecular formula is C8H10F3N3S. The smallest absolute Gasteiger partial charge is 0.369 e. The number of allylic oxidation sites excluding steroid dienone is 1. The highest BCUT2D eigenvalue weighted by molar-refractivity contribution is 8.02. The third kappa shape index (κ3) is 3.94. The molecule has 0 spiro atoms. The monoisotopic (exact) mass is 237 g/mol. The zero-order chi connectivity index (χ0) is 11.3. The third-order valence-corrected chi connectivity index (χ3v) is 2.71. The molecule has 15 heavy (non-hydrogen) atoms. The fourth-order valence-electron chi connectivity index (χ4n) is 0.988. The summed E-state index contributed by atoms with van der Waals surface area (Å²) in [4.78, 5) is 7.22. The van der Waals surface area contributed by atoms with Gasteiger partial charge in [-0.15, -0.1) is 11.8 Å². The second-order valence-electron chi connectivity index (χ2n) is 2.79. The number of rotatable bonds is 4. The van der Waals surface area contributed by atoms with Gasteiger partial charge in [0.05, 0.1) is 5.37 Å². The topological polar surface area (TPSA) is 36.8 Å². The van der Waals surface area contributed by atoms with Gasteiger partial charge in [0.2, 0.25) is 0 Å². The molecule has 1 aliphatic heterocycles. The molecule has 1 unspecified atom stereocenters. The molecule has 0 saturated heterocycles. The maximum Gasteiger partial charge on any atom is 0.431 e. The summed E-state index contributed by atoms with van der Waals surface area (Å²) in [6.45, 7) is 3.63. The molecular weight excluding hydrogens is 227 g/mol. The molecule has 0 bridgehead atoms. The highest BCUT2D eigenvalue weighted by Crippen LogP contribution is 2.33. The fraction of sp³-hybridized carbons (Fsp3) is 0.500. The van der Waals surface area contributed by atoms with Gasteiger partial charge in [-0.05, 0) is 13.1 Å². The van der Waals surface area contributed by atoms with Crippen LogP contribution in [0.3, 0.4) is 0 Å². The summed E-state index contributed by atoms with van der Waals surface area (Å²) in [5.41, 5.74) is -0.677. The van der Waals surface area contributed by atoms with Gasteiger partial charge >= 0.3 is 6.18 Å². The van der Waals surface area contributed by atoms with E-state index in [1.54, 1.807) is 0 Å². The Kier molecular flexibility index (Phi) is 4.19. The SMILES string of the molecule is C=NC=NCCC1NC(C(F)(F)F)=CS1. The van der Waals surface area contributed by atoms with Crippen molar-refractivity contribution in [1.82, 2.24) is 5.32 Å². The van der Waals surface area contributed by atoms with Gasteiger partial charge in [0.15, 0.2) is 0 Å². The van der Waals surface area contributed by atoms with Crippen molar-refractivity contribution in [2.24, 2.45) is 9.98 Å². The zero-order valence-corrected chi connectivity index (χ0v) is 8.61. The lowest BCUT2D eigenvalue weighted by atomic mass is 10.4. The van der Waals surface area contributed by atoms with E-state index in [1.807, 2.05) is 0 Å². The highest BCUT2D eigenvalue weighted by Gasteiger charge is 2.37. The Morgan fingerprint density at radius 1 is 1.60 bits per heavy atom. The Balaban J connectivity index is 2.28. The van der Waals surface area contributed by atoms with E-state index in [-0.39, 0.29) is 5.37 Å². The number of hydrogen-bond acceptors (Lipinski definition) is 3. The van der Waals surface area contributed by atoms with Crippen LogP contribution in [0, 0.1) is 0 Å². The zero-order valence-electron chi connectivity index (χ0n) is 7.79. The van der Waals surface area contributed by atoms with E-state index >= 15 is 0 Å². The number of halogens is 3. The van der Waals surface area contributed by atoms with Gasteiger partial charge in [0.25, 0.3) is 0 Å². The molecule has 1 rings (SSSR count). The highest BCUT2D eigenvalue weighted by atomic mass is 32.2. The van der Waals surface area contributed by atoms with Gasteiger partial charge in [0, 0.05) is 12.0 Å². The average Bonchev–Trinajstić information content (AvgIpc) is 2.60. The van der Waals surface area contributed by atoms with Gasteiger partial charge in [-0.2, -0.15) is 13.2 Å². The van der Waals surface area contributed by atoms with Crippen molar-refractivity contribution in [3.05, 3.63) is 11.1 Å². The molecule has 1 N–H and O–H groups in total. The third-order valence-electron chi connectivity index (χ3n) is 1.66. The summed E-state index contributed by atoms with van der Waals surface area (Å²) in [5, 5.41) is 3.22. The van der Waals surface area contributed by atoms with Crippen LogP contribution in [0.2, 0.25) is 0 Å². The summed E-state index contributed by atoms with van der Waals surface area (Å²) in [6, 6.07) is 0. The van der Waals surface area contributed by atoms with Crippen LogP contribution >= 0.6 is 11.8 Å². The average molecular weight is 237 g/mol. The first kappa shape index (κ1) is 12.1. The van der Waals surface area contributed by atoms with Crippen molar-refractivity contribution >= 4 is 24.8 Å². The second-order valence-corrected chi connectivity index (χ2v) is 3.87. The summed E-state index contributed by atoms with van der Waals surface area (Å²) < 4.78 is 36.5. The van der Waals surface area contributed by atoms with Crippen LogP contribution in [0.25, 0.3) is 0 Å². The van der Waals surface area contributed by atoms with Crippen LogP contribution in [0.4, 0.5) is 13.2 Å². The Bertz CT molecular complexity index is 285. The molecule has 0 aromatic carbocycles. The predicted molar refractivity (Wildman–Crippen MR) is 56.2 cm³/mol. The largest absolute Gasteiger partial charge is 0.431 e. The summed E-state index contributed by atoms with van der Waals surface area (Å²) in [6.07, 6.45) is -2.47. The van der Waals surface area contributed by atoms with Crippen molar-refractivity contribution in [2.75, 3.05) is 6.54 Å². The van der Waals surface area contributed by atoms with Crippen LogP contribution in [0.15, 0.2) is 21.1 Å². The molecule has 0 aromatic heterocycles. The van der Waals surface area contributed by atoms with E-state index in [0.717, 1.165) is 17.2 Å². The van der Waals surface area contributed by atoms with Crippen LogP contribution in [0.5, 0.6) is 0 Å². The maximum atomic E-state index is 12.2. The minimum absolute atomic E-state index is 0.261. The van der Waals surface area contributed by atoms with E-state index < -0.39 is 11.9 Å². The number of aliphatic imine (C=N–C) groups is 2. The van der Waals surface area contributed by atoms with Crippen LogP contribution in [-0.4, -0.2) is 31.2 Å². The van der Waals surface area contributed by atoms with Gasteiger partial charge in [-0.25, -0.2) is 0 Å². The first-order chi connectivity index (χ1) is 7.04. The summed E-state index contributed by atoms with van der Waals surface area (Å²) in [7, 11) is 0. The van der Waals surface area contributed by atoms with Gasteiger partial charge in [-0.3, -0.25) is 9.98 Å². The molecule has 3 nitrogen and oxygen atoms in total. The Morgan fingerprint density at radius 3 is 2.87 bits per heavy atom.